The van der Waals surface area contributed by atoms with Crippen LogP contribution in [0.2, 0.25) is 0 Å². The molecule has 116 valence electrons. The van der Waals surface area contributed by atoms with Crippen LogP contribution in [0.25, 0.3) is 0 Å². The van der Waals surface area contributed by atoms with Crippen LogP contribution >= 0.6 is 0 Å². The maximum atomic E-state index is 3.49. The van der Waals surface area contributed by atoms with Gasteiger partial charge < -0.3 is 5.32 Å². The molecule has 1 aromatic rings. The molecule has 2 fully saturated rings. The number of hydrogen-bond acceptors (Lipinski definition) is 2. The third kappa shape index (κ3) is 3.67. The van der Waals surface area contributed by atoms with E-state index in [0.717, 1.165) is 19.0 Å². The van der Waals surface area contributed by atoms with Crippen molar-refractivity contribution in [1.29, 1.82) is 0 Å². The van der Waals surface area contributed by atoms with Crippen LogP contribution < -0.4 is 5.32 Å². The van der Waals surface area contributed by atoms with E-state index in [0.29, 0.717) is 12.0 Å². The van der Waals surface area contributed by atoms with Crippen molar-refractivity contribution in [2.75, 3.05) is 26.2 Å². The van der Waals surface area contributed by atoms with Gasteiger partial charge in [-0.05, 0) is 31.2 Å². The van der Waals surface area contributed by atoms with Crippen molar-refractivity contribution in [2.45, 2.75) is 51.0 Å². The Balaban J connectivity index is 1.80. The summed E-state index contributed by atoms with van der Waals surface area (Å²) in [6, 6.07) is 12.0. The second-order valence-electron chi connectivity index (χ2n) is 6.86. The molecule has 2 aliphatic rings. The summed E-state index contributed by atoms with van der Waals surface area (Å²) in [4.78, 5) is 2.71. The van der Waals surface area contributed by atoms with E-state index < -0.39 is 0 Å². The normalized spacial score (nSPS) is 24.6. The van der Waals surface area contributed by atoms with Crippen molar-refractivity contribution >= 4 is 0 Å². The molecule has 21 heavy (non-hydrogen) atoms. The Labute approximate surface area is 129 Å². The van der Waals surface area contributed by atoms with Crippen LogP contribution in [0.4, 0.5) is 0 Å². The molecule has 1 aliphatic heterocycles. The number of nitrogens with zero attached hydrogens (tertiary/aromatic N) is 1. The zero-order valence-corrected chi connectivity index (χ0v) is 13.4. The van der Waals surface area contributed by atoms with Crippen molar-refractivity contribution in [3.63, 3.8) is 0 Å². The van der Waals surface area contributed by atoms with Crippen molar-refractivity contribution in [1.82, 2.24) is 10.2 Å². The molecule has 0 bridgehead atoms. The summed E-state index contributed by atoms with van der Waals surface area (Å²) in [5, 5.41) is 3.49. The van der Waals surface area contributed by atoms with E-state index in [-0.39, 0.29) is 0 Å². The van der Waals surface area contributed by atoms with Crippen molar-refractivity contribution in [3.05, 3.63) is 35.9 Å². The van der Waals surface area contributed by atoms with Gasteiger partial charge in [0, 0.05) is 38.1 Å². The lowest BCUT2D eigenvalue weighted by molar-refractivity contribution is 0.127. The molecule has 2 heteroatoms. The van der Waals surface area contributed by atoms with Crippen LogP contribution in [0.5, 0.6) is 0 Å². The highest BCUT2D eigenvalue weighted by atomic mass is 15.2. The lowest BCUT2D eigenvalue weighted by atomic mass is 9.73. The van der Waals surface area contributed by atoms with Crippen molar-refractivity contribution < 1.29 is 0 Å². The van der Waals surface area contributed by atoms with Crippen LogP contribution in [0.15, 0.2) is 30.3 Å². The second-order valence-corrected chi connectivity index (χ2v) is 6.86. The number of nitrogens with one attached hydrogen (secondary N) is 1. The Morgan fingerprint density at radius 1 is 1.00 bits per heavy atom. The first-order chi connectivity index (χ1) is 10.4. The molecule has 2 unspecified atom stereocenters. The van der Waals surface area contributed by atoms with Gasteiger partial charge in [-0.1, -0.05) is 49.6 Å². The van der Waals surface area contributed by atoms with Gasteiger partial charge in [0.05, 0.1) is 0 Å². The smallest absolute Gasteiger partial charge is 0.0139 e. The van der Waals surface area contributed by atoms with Gasteiger partial charge in [-0.15, -0.1) is 0 Å². The minimum absolute atomic E-state index is 0.664. The predicted molar refractivity (Wildman–Crippen MR) is 89.7 cm³/mol. The number of rotatable bonds is 4. The molecule has 3 rings (SSSR count). The Hall–Kier alpha value is -0.860. The fourth-order valence-electron chi connectivity index (χ4n) is 4.43. The molecule has 1 saturated carbocycles. The lowest BCUT2D eigenvalue weighted by Crippen LogP contribution is -2.50. The van der Waals surface area contributed by atoms with Gasteiger partial charge in [0.1, 0.15) is 0 Å². The van der Waals surface area contributed by atoms with Gasteiger partial charge in [0.15, 0.2) is 0 Å². The van der Waals surface area contributed by atoms with Crippen LogP contribution in [0, 0.1) is 5.92 Å². The van der Waals surface area contributed by atoms with Gasteiger partial charge in [0.25, 0.3) is 0 Å². The molecule has 0 amide bonds. The maximum absolute atomic E-state index is 3.49. The molecular formula is C19H30N2. The Bertz CT molecular complexity index is 405. The highest BCUT2D eigenvalue weighted by Crippen LogP contribution is 2.39. The summed E-state index contributed by atoms with van der Waals surface area (Å²) in [6.45, 7) is 7.18. The summed E-state index contributed by atoms with van der Waals surface area (Å²) in [7, 11) is 0. The predicted octanol–water partition coefficient (Wildman–Crippen LogP) is 3.64. The van der Waals surface area contributed by atoms with Crippen LogP contribution in [0.3, 0.4) is 0 Å². The van der Waals surface area contributed by atoms with E-state index in [2.05, 4.69) is 47.5 Å². The fourth-order valence-corrected chi connectivity index (χ4v) is 4.43. The SMILES string of the molecule is CC(C(c1ccccc1)C1CCCCC1)N1CCNCC1. The zero-order valence-electron chi connectivity index (χ0n) is 13.4. The van der Waals surface area contributed by atoms with Crippen LogP contribution in [-0.2, 0) is 0 Å². The minimum Gasteiger partial charge on any atom is -0.314 e. The van der Waals surface area contributed by atoms with Gasteiger partial charge >= 0.3 is 0 Å². The molecule has 1 N–H and O–H groups in total. The summed E-state index contributed by atoms with van der Waals surface area (Å²) < 4.78 is 0. The third-order valence-corrected chi connectivity index (χ3v) is 5.59. The quantitative estimate of drug-likeness (QED) is 0.909. The highest BCUT2D eigenvalue weighted by molar-refractivity contribution is 5.22. The minimum atomic E-state index is 0.664. The molecule has 2 nitrogen and oxygen atoms in total. The second kappa shape index (κ2) is 7.42. The lowest BCUT2D eigenvalue weighted by Gasteiger charge is -2.42. The van der Waals surface area contributed by atoms with E-state index >= 15 is 0 Å². The van der Waals surface area contributed by atoms with Crippen LogP contribution in [0.1, 0.15) is 50.5 Å². The zero-order chi connectivity index (χ0) is 14.5. The van der Waals surface area contributed by atoms with E-state index in [1.54, 1.807) is 5.56 Å². The largest absolute Gasteiger partial charge is 0.314 e. The molecule has 0 radical (unpaired) electrons. The van der Waals surface area contributed by atoms with E-state index in [1.165, 1.54) is 45.2 Å². The van der Waals surface area contributed by atoms with Gasteiger partial charge in [-0.2, -0.15) is 0 Å². The summed E-state index contributed by atoms with van der Waals surface area (Å²) in [5.74, 6) is 1.59. The standard InChI is InChI=1S/C19H30N2/c1-16(21-14-12-20-13-15-21)19(17-8-4-2-5-9-17)18-10-6-3-7-11-18/h2,4-5,8-9,16,18-20H,3,6-7,10-15H2,1H3. The topological polar surface area (TPSA) is 15.3 Å². The first-order valence-corrected chi connectivity index (χ1v) is 8.86. The van der Waals surface area contributed by atoms with Crippen LogP contribution in [-0.4, -0.2) is 37.1 Å². The number of benzene rings is 1. The van der Waals surface area contributed by atoms with E-state index in [9.17, 15) is 0 Å². The Kier molecular flexibility index (Phi) is 5.32. The molecule has 1 heterocycles. The average molecular weight is 286 g/mol. The molecule has 0 spiro atoms. The average Bonchev–Trinajstić information content (AvgIpc) is 2.58. The molecule has 1 aromatic carbocycles. The molecule has 1 aliphatic carbocycles. The first kappa shape index (κ1) is 15.1. The third-order valence-electron chi connectivity index (χ3n) is 5.59. The Morgan fingerprint density at radius 2 is 1.67 bits per heavy atom. The molecular weight excluding hydrogens is 256 g/mol. The van der Waals surface area contributed by atoms with Gasteiger partial charge in [0.2, 0.25) is 0 Å². The molecule has 2 atom stereocenters. The number of piperazine rings is 1. The van der Waals surface area contributed by atoms with E-state index in [4.69, 9.17) is 0 Å². The monoisotopic (exact) mass is 286 g/mol. The van der Waals surface area contributed by atoms with E-state index in [1.807, 2.05) is 0 Å². The Morgan fingerprint density at radius 3 is 2.33 bits per heavy atom. The van der Waals surface area contributed by atoms with Crippen molar-refractivity contribution in [3.8, 4) is 0 Å². The highest BCUT2D eigenvalue weighted by Gasteiger charge is 2.32. The molecule has 1 saturated heterocycles. The summed E-state index contributed by atoms with van der Waals surface area (Å²) in [5.41, 5.74) is 1.57. The number of hydrogen-bond donors (Lipinski definition) is 1. The van der Waals surface area contributed by atoms with Crippen molar-refractivity contribution in [2.24, 2.45) is 5.92 Å². The maximum Gasteiger partial charge on any atom is 0.0139 e. The fraction of sp³-hybridized carbons (Fsp3) is 0.684. The first-order valence-electron chi connectivity index (χ1n) is 8.86. The summed E-state index contributed by atoms with van der Waals surface area (Å²) >= 11 is 0. The van der Waals surface area contributed by atoms with Gasteiger partial charge in [-0.3, -0.25) is 4.90 Å². The molecule has 0 aromatic heterocycles. The van der Waals surface area contributed by atoms with Gasteiger partial charge in [-0.25, -0.2) is 0 Å². The summed E-state index contributed by atoms with van der Waals surface area (Å²) in [6.07, 6.45) is 7.16.